The number of thiazole rings is 1. The van der Waals surface area contributed by atoms with Gasteiger partial charge in [-0.3, -0.25) is 0 Å². The Morgan fingerprint density at radius 2 is 1.86 bits per heavy atom. The van der Waals surface area contributed by atoms with E-state index in [4.69, 9.17) is 16.6 Å². The third-order valence-corrected chi connectivity index (χ3v) is 5.31. The van der Waals surface area contributed by atoms with Gasteiger partial charge in [-0.25, -0.2) is 9.97 Å². The van der Waals surface area contributed by atoms with Crippen LogP contribution >= 0.6 is 34.5 Å². The van der Waals surface area contributed by atoms with Crippen LogP contribution in [0.1, 0.15) is 28.7 Å². The molecule has 0 radical (unpaired) electrons. The number of nitrogens with zero attached hydrogens (tertiary/aromatic N) is 3. The molecule has 0 spiro atoms. The number of benzene rings is 1. The standard InChI is InChI=1S/C15H15ClN4S2/c1-8(17-15-18-10(3)20-22-15)14-19-13(9(2)21-14)11-4-6-12(16)7-5-11/h4-8H,1-3H3,(H,17,18,20). The number of hydrogen-bond donors (Lipinski definition) is 1. The number of anilines is 1. The molecule has 4 nitrogen and oxygen atoms in total. The van der Waals surface area contributed by atoms with E-state index >= 15 is 0 Å². The van der Waals surface area contributed by atoms with E-state index in [0.29, 0.717) is 0 Å². The predicted molar refractivity (Wildman–Crippen MR) is 94.0 cm³/mol. The van der Waals surface area contributed by atoms with E-state index in [2.05, 4.69) is 28.5 Å². The van der Waals surface area contributed by atoms with Gasteiger partial charge in [-0.2, -0.15) is 4.37 Å². The number of halogens is 1. The van der Waals surface area contributed by atoms with Crippen LogP contribution < -0.4 is 5.32 Å². The molecular formula is C15H15ClN4S2. The van der Waals surface area contributed by atoms with Crippen LogP contribution in [-0.4, -0.2) is 14.3 Å². The number of nitrogens with one attached hydrogen (secondary N) is 1. The van der Waals surface area contributed by atoms with Crippen molar-refractivity contribution in [2.24, 2.45) is 0 Å². The maximum Gasteiger partial charge on any atom is 0.203 e. The van der Waals surface area contributed by atoms with Gasteiger partial charge in [0.15, 0.2) is 0 Å². The molecule has 7 heteroatoms. The lowest BCUT2D eigenvalue weighted by Crippen LogP contribution is -2.05. The topological polar surface area (TPSA) is 50.7 Å². The molecule has 1 unspecified atom stereocenters. The van der Waals surface area contributed by atoms with E-state index in [9.17, 15) is 0 Å². The van der Waals surface area contributed by atoms with Gasteiger partial charge in [0.05, 0.1) is 11.7 Å². The maximum atomic E-state index is 5.95. The SMILES string of the molecule is Cc1nsc(NC(C)c2nc(-c3ccc(Cl)cc3)c(C)s2)n1. The fourth-order valence-corrected chi connectivity index (χ4v) is 3.81. The summed E-state index contributed by atoms with van der Waals surface area (Å²) in [5, 5.41) is 5.95. The van der Waals surface area contributed by atoms with Crippen molar-refractivity contribution in [1.29, 1.82) is 0 Å². The van der Waals surface area contributed by atoms with Crippen molar-refractivity contribution >= 4 is 39.6 Å². The van der Waals surface area contributed by atoms with E-state index in [1.165, 1.54) is 16.4 Å². The first-order chi connectivity index (χ1) is 10.5. The maximum absolute atomic E-state index is 5.95. The monoisotopic (exact) mass is 350 g/mol. The summed E-state index contributed by atoms with van der Waals surface area (Å²) in [7, 11) is 0. The average Bonchev–Trinajstić information content (AvgIpc) is 3.06. The van der Waals surface area contributed by atoms with E-state index in [-0.39, 0.29) is 6.04 Å². The van der Waals surface area contributed by atoms with E-state index < -0.39 is 0 Å². The van der Waals surface area contributed by atoms with E-state index in [1.807, 2.05) is 31.2 Å². The Morgan fingerprint density at radius 1 is 1.14 bits per heavy atom. The second-order valence-electron chi connectivity index (χ2n) is 4.98. The van der Waals surface area contributed by atoms with E-state index in [0.717, 1.165) is 32.2 Å². The average molecular weight is 351 g/mol. The van der Waals surface area contributed by atoms with Crippen molar-refractivity contribution in [1.82, 2.24) is 14.3 Å². The molecule has 114 valence electrons. The Labute approximate surface area is 142 Å². The van der Waals surface area contributed by atoms with Gasteiger partial charge in [0.25, 0.3) is 0 Å². The normalized spacial score (nSPS) is 12.4. The third kappa shape index (κ3) is 3.29. The summed E-state index contributed by atoms with van der Waals surface area (Å²) in [6, 6.07) is 7.88. The Bertz CT molecular complexity index is 779. The van der Waals surface area contributed by atoms with Crippen molar-refractivity contribution in [3.8, 4) is 11.3 Å². The second kappa shape index (κ2) is 6.32. The minimum Gasteiger partial charge on any atom is -0.351 e. The number of rotatable bonds is 4. The summed E-state index contributed by atoms with van der Waals surface area (Å²) >= 11 is 9.02. The molecular weight excluding hydrogens is 336 g/mol. The van der Waals surface area contributed by atoms with E-state index in [1.54, 1.807) is 11.3 Å². The zero-order chi connectivity index (χ0) is 15.7. The lowest BCUT2D eigenvalue weighted by Gasteiger charge is -2.08. The van der Waals surface area contributed by atoms with Gasteiger partial charge < -0.3 is 5.32 Å². The largest absolute Gasteiger partial charge is 0.351 e. The van der Waals surface area contributed by atoms with Crippen molar-refractivity contribution in [2.45, 2.75) is 26.8 Å². The van der Waals surface area contributed by atoms with Crippen LogP contribution in [0.15, 0.2) is 24.3 Å². The molecule has 0 aliphatic rings. The first-order valence-electron chi connectivity index (χ1n) is 6.83. The highest BCUT2D eigenvalue weighted by Gasteiger charge is 2.16. The van der Waals surface area contributed by atoms with Crippen LogP contribution in [0.3, 0.4) is 0 Å². The quantitative estimate of drug-likeness (QED) is 0.710. The summed E-state index contributed by atoms with van der Waals surface area (Å²) in [6.07, 6.45) is 0. The zero-order valence-electron chi connectivity index (χ0n) is 12.4. The number of aryl methyl sites for hydroxylation is 2. The Hall–Kier alpha value is -1.50. The smallest absolute Gasteiger partial charge is 0.203 e. The lowest BCUT2D eigenvalue weighted by atomic mass is 10.1. The highest BCUT2D eigenvalue weighted by atomic mass is 35.5. The molecule has 0 saturated heterocycles. The molecule has 1 atom stereocenters. The summed E-state index contributed by atoms with van der Waals surface area (Å²) in [5.74, 6) is 0.789. The van der Waals surface area contributed by atoms with Crippen LogP contribution in [-0.2, 0) is 0 Å². The molecule has 2 aromatic heterocycles. The molecule has 2 heterocycles. The summed E-state index contributed by atoms with van der Waals surface area (Å²) in [6.45, 7) is 6.06. The molecule has 1 aromatic carbocycles. The van der Waals surface area contributed by atoms with Gasteiger partial charge in [-0.1, -0.05) is 23.7 Å². The van der Waals surface area contributed by atoms with Crippen LogP contribution in [0.5, 0.6) is 0 Å². The molecule has 22 heavy (non-hydrogen) atoms. The molecule has 1 N–H and O–H groups in total. The number of hydrogen-bond acceptors (Lipinski definition) is 6. The van der Waals surface area contributed by atoms with Crippen LogP contribution in [0.25, 0.3) is 11.3 Å². The van der Waals surface area contributed by atoms with Gasteiger partial charge in [0, 0.05) is 27.0 Å². The molecule has 3 rings (SSSR count). The summed E-state index contributed by atoms with van der Waals surface area (Å²) in [4.78, 5) is 10.3. The molecule has 3 aromatic rings. The minimum absolute atomic E-state index is 0.0945. The second-order valence-corrected chi connectivity index (χ2v) is 7.40. The van der Waals surface area contributed by atoms with Crippen LogP contribution in [0.2, 0.25) is 5.02 Å². The van der Waals surface area contributed by atoms with Gasteiger partial charge in [-0.15, -0.1) is 11.3 Å². The Morgan fingerprint density at radius 3 is 2.50 bits per heavy atom. The van der Waals surface area contributed by atoms with Crippen molar-refractivity contribution < 1.29 is 0 Å². The first kappa shape index (κ1) is 15.4. The van der Waals surface area contributed by atoms with Gasteiger partial charge in [0.1, 0.15) is 10.8 Å². The van der Waals surface area contributed by atoms with Gasteiger partial charge >= 0.3 is 0 Å². The molecule has 0 aliphatic carbocycles. The van der Waals surface area contributed by atoms with Gasteiger partial charge in [-0.05, 0) is 32.9 Å². The zero-order valence-corrected chi connectivity index (χ0v) is 14.8. The Kier molecular flexibility index (Phi) is 4.42. The molecule has 0 fully saturated rings. The highest BCUT2D eigenvalue weighted by Crippen LogP contribution is 2.32. The molecule has 0 saturated carbocycles. The predicted octanol–water partition coefficient (Wildman–Crippen LogP) is 5.10. The van der Waals surface area contributed by atoms with Crippen LogP contribution in [0.4, 0.5) is 5.13 Å². The third-order valence-electron chi connectivity index (χ3n) is 3.17. The van der Waals surface area contributed by atoms with Crippen molar-refractivity contribution in [2.75, 3.05) is 5.32 Å². The van der Waals surface area contributed by atoms with Crippen molar-refractivity contribution in [3.63, 3.8) is 0 Å². The Balaban J connectivity index is 1.83. The minimum atomic E-state index is 0.0945. The summed E-state index contributed by atoms with van der Waals surface area (Å²) in [5.41, 5.74) is 2.10. The fraction of sp³-hybridized carbons (Fsp3) is 0.267. The molecule has 0 amide bonds. The first-order valence-corrected chi connectivity index (χ1v) is 8.80. The lowest BCUT2D eigenvalue weighted by molar-refractivity contribution is 0.866. The van der Waals surface area contributed by atoms with Gasteiger partial charge in [0.2, 0.25) is 5.13 Å². The van der Waals surface area contributed by atoms with Crippen LogP contribution in [0, 0.1) is 13.8 Å². The molecule has 0 bridgehead atoms. The molecule has 0 aliphatic heterocycles. The van der Waals surface area contributed by atoms with Crippen molar-refractivity contribution in [3.05, 3.63) is 45.0 Å². The summed E-state index contributed by atoms with van der Waals surface area (Å²) < 4.78 is 4.18. The highest BCUT2D eigenvalue weighted by molar-refractivity contribution is 7.12. The number of aromatic nitrogens is 3. The fourth-order valence-electron chi connectivity index (χ4n) is 2.08.